The third-order valence-electron chi connectivity index (χ3n) is 2.26. The van der Waals surface area contributed by atoms with Gasteiger partial charge in [0.15, 0.2) is 0 Å². The number of hydrogen-bond acceptors (Lipinski definition) is 2. The fourth-order valence-corrected chi connectivity index (χ4v) is 1.81. The van der Waals surface area contributed by atoms with Gasteiger partial charge in [0.2, 0.25) is 0 Å². The van der Waals surface area contributed by atoms with Crippen LogP contribution >= 0.6 is 15.9 Å². The van der Waals surface area contributed by atoms with Crippen LogP contribution in [-0.2, 0) is 11.4 Å². The van der Waals surface area contributed by atoms with Gasteiger partial charge in [-0.05, 0) is 23.8 Å². The number of benzene rings is 2. The van der Waals surface area contributed by atoms with Gasteiger partial charge in [0.05, 0.1) is 0 Å². The molecule has 0 aliphatic heterocycles. The van der Waals surface area contributed by atoms with Crippen LogP contribution in [0.2, 0.25) is 0 Å². The van der Waals surface area contributed by atoms with E-state index in [2.05, 4.69) is 27.3 Å². The maximum absolute atomic E-state index is 12.9. The van der Waals surface area contributed by atoms with Gasteiger partial charge in [0.1, 0.15) is 24.5 Å². The fraction of sp³-hybridized carbons (Fsp3) is 0.0714. The number of rotatable bonds is 4. The Morgan fingerprint density at radius 2 is 1.79 bits per heavy atom. The van der Waals surface area contributed by atoms with Gasteiger partial charge in [0, 0.05) is 16.1 Å². The van der Waals surface area contributed by atoms with Gasteiger partial charge in [-0.3, -0.25) is 0 Å². The van der Waals surface area contributed by atoms with E-state index in [1.807, 2.05) is 18.2 Å². The summed E-state index contributed by atoms with van der Waals surface area (Å²) in [6.45, 7) is -0.0217. The molecule has 0 aromatic heterocycles. The highest BCUT2D eigenvalue weighted by Crippen LogP contribution is 2.14. The Labute approximate surface area is 117 Å². The van der Waals surface area contributed by atoms with Crippen LogP contribution in [0.1, 0.15) is 11.1 Å². The maximum Gasteiger partial charge on any atom is 0.142 e. The van der Waals surface area contributed by atoms with Gasteiger partial charge in [0.25, 0.3) is 0 Å². The third kappa shape index (κ3) is 4.13. The first-order chi connectivity index (χ1) is 9.15. The summed E-state index contributed by atoms with van der Waals surface area (Å²) in [6, 6.07) is 10.5. The number of halogens is 3. The molecule has 0 bridgehead atoms. The Kier molecular flexibility index (Phi) is 4.63. The highest BCUT2D eigenvalue weighted by molar-refractivity contribution is 9.10. The van der Waals surface area contributed by atoms with E-state index in [9.17, 15) is 8.78 Å². The van der Waals surface area contributed by atoms with Gasteiger partial charge in [-0.15, -0.1) is 0 Å². The molecule has 0 atom stereocenters. The quantitative estimate of drug-likeness (QED) is 0.611. The average molecular weight is 325 g/mol. The van der Waals surface area contributed by atoms with E-state index < -0.39 is 11.6 Å². The van der Waals surface area contributed by atoms with Gasteiger partial charge in [-0.25, -0.2) is 8.78 Å². The summed E-state index contributed by atoms with van der Waals surface area (Å²) in [5.41, 5.74) is 1.10. The summed E-state index contributed by atoms with van der Waals surface area (Å²) in [4.78, 5) is 4.95. The Hall–Kier alpha value is -1.75. The van der Waals surface area contributed by atoms with E-state index in [-0.39, 0.29) is 6.61 Å². The molecule has 2 aromatic rings. The van der Waals surface area contributed by atoms with Crippen LogP contribution < -0.4 is 0 Å². The van der Waals surface area contributed by atoms with E-state index in [0.29, 0.717) is 5.56 Å². The van der Waals surface area contributed by atoms with E-state index in [4.69, 9.17) is 4.84 Å². The van der Waals surface area contributed by atoms with E-state index in [1.54, 1.807) is 6.07 Å². The topological polar surface area (TPSA) is 21.6 Å². The summed E-state index contributed by atoms with van der Waals surface area (Å²) in [5, 5.41) is 3.63. The van der Waals surface area contributed by atoms with Crippen LogP contribution in [-0.4, -0.2) is 6.21 Å². The zero-order chi connectivity index (χ0) is 13.7. The number of nitrogens with zero attached hydrogens (tertiary/aromatic N) is 1. The lowest BCUT2D eigenvalue weighted by atomic mass is 10.2. The first kappa shape index (κ1) is 13.7. The first-order valence-electron chi connectivity index (χ1n) is 5.42. The van der Waals surface area contributed by atoms with Crippen molar-refractivity contribution >= 4 is 22.1 Å². The van der Waals surface area contributed by atoms with Gasteiger partial charge in [-0.1, -0.05) is 39.3 Å². The van der Waals surface area contributed by atoms with Crippen molar-refractivity contribution in [2.24, 2.45) is 5.16 Å². The molecule has 0 unspecified atom stereocenters. The molecule has 0 saturated carbocycles. The molecule has 0 aliphatic rings. The van der Waals surface area contributed by atoms with Crippen molar-refractivity contribution in [1.29, 1.82) is 0 Å². The summed E-state index contributed by atoms with van der Waals surface area (Å²) >= 11 is 3.34. The lowest BCUT2D eigenvalue weighted by molar-refractivity contribution is 0.131. The molecule has 0 amide bonds. The molecule has 0 spiro atoms. The molecule has 0 saturated heterocycles. The standard InChI is InChI=1S/C14H9BrF2NO/c15-14-4-2-1-3-11(14)8-18-19-9-10-5-12(16)7-13(17)6-10/h1-7H,9H2. The molecular weight excluding hydrogens is 316 g/mol. The van der Waals surface area contributed by atoms with E-state index >= 15 is 0 Å². The van der Waals surface area contributed by atoms with E-state index in [0.717, 1.165) is 16.1 Å². The molecule has 2 aromatic carbocycles. The molecule has 2 rings (SSSR count). The Morgan fingerprint density at radius 3 is 2.47 bits per heavy atom. The summed E-state index contributed by atoms with van der Waals surface area (Å²) in [5.74, 6) is -1.28. The minimum atomic E-state index is -0.641. The van der Waals surface area contributed by atoms with Crippen molar-refractivity contribution in [2.45, 2.75) is 6.61 Å². The fourth-order valence-electron chi connectivity index (χ4n) is 1.43. The predicted octanol–water partition coefficient (Wildman–Crippen LogP) is 4.16. The molecule has 97 valence electrons. The average Bonchev–Trinajstić information content (AvgIpc) is 2.35. The lowest BCUT2D eigenvalue weighted by Crippen LogP contribution is -1.91. The molecule has 0 fully saturated rings. The van der Waals surface area contributed by atoms with Crippen LogP contribution in [0.3, 0.4) is 0 Å². The highest BCUT2D eigenvalue weighted by atomic mass is 79.9. The van der Waals surface area contributed by atoms with Gasteiger partial charge >= 0.3 is 0 Å². The molecule has 2 nitrogen and oxygen atoms in total. The molecule has 5 heteroatoms. The Bertz CT molecular complexity index is 581. The first-order valence-corrected chi connectivity index (χ1v) is 6.22. The van der Waals surface area contributed by atoms with Crippen molar-refractivity contribution < 1.29 is 13.6 Å². The van der Waals surface area contributed by atoms with Crippen LogP contribution in [0.4, 0.5) is 8.78 Å². The zero-order valence-corrected chi connectivity index (χ0v) is 11.3. The second-order valence-corrected chi connectivity index (χ2v) is 4.59. The van der Waals surface area contributed by atoms with Crippen LogP contribution in [0.15, 0.2) is 52.1 Å². The SMILES string of the molecule is Fc1cc(F)cc(CO/N=[C]\c2ccccc2Br)c1. The van der Waals surface area contributed by atoms with Crippen molar-refractivity contribution in [3.05, 3.63) is 69.7 Å². The molecule has 19 heavy (non-hydrogen) atoms. The second kappa shape index (κ2) is 6.43. The summed E-state index contributed by atoms with van der Waals surface area (Å²) in [6.07, 6.45) is 2.68. The van der Waals surface area contributed by atoms with Crippen LogP contribution in [0.5, 0.6) is 0 Å². The smallest absolute Gasteiger partial charge is 0.142 e. The number of hydrogen-bond donors (Lipinski definition) is 0. The highest BCUT2D eigenvalue weighted by Gasteiger charge is 2.01. The molecule has 0 heterocycles. The molecule has 0 N–H and O–H groups in total. The molecular formula is C14H9BrF2NO. The van der Waals surface area contributed by atoms with Gasteiger partial charge in [-0.2, -0.15) is 0 Å². The predicted molar refractivity (Wildman–Crippen MR) is 71.8 cm³/mol. The van der Waals surface area contributed by atoms with Crippen molar-refractivity contribution in [3.63, 3.8) is 0 Å². The Balaban J connectivity index is 1.95. The largest absolute Gasteiger partial charge is 0.390 e. The third-order valence-corrected chi connectivity index (χ3v) is 2.95. The lowest BCUT2D eigenvalue weighted by Gasteiger charge is -2.00. The monoisotopic (exact) mass is 324 g/mol. The second-order valence-electron chi connectivity index (χ2n) is 3.73. The van der Waals surface area contributed by atoms with Crippen LogP contribution in [0.25, 0.3) is 0 Å². The van der Waals surface area contributed by atoms with Crippen molar-refractivity contribution in [3.8, 4) is 0 Å². The minimum absolute atomic E-state index is 0.0217. The van der Waals surface area contributed by atoms with Crippen molar-refractivity contribution in [1.82, 2.24) is 0 Å². The summed E-state index contributed by atoms with van der Waals surface area (Å²) < 4.78 is 26.6. The van der Waals surface area contributed by atoms with Crippen LogP contribution in [0, 0.1) is 11.6 Å². The van der Waals surface area contributed by atoms with E-state index in [1.165, 1.54) is 12.1 Å². The van der Waals surface area contributed by atoms with Crippen molar-refractivity contribution in [2.75, 3.05) is 0 Å². The normalized spacial score (nSPS) is 10.9. The molecule has 0 aliphatic carbocycles. The molecule has 1 radical (unpaired) electrons. The summed E-state index contributed by atoms with van der Waals surface area (Å²) in [7, 11) is 0. The minimum Gasteiger partial charge on any atom is -0.390 e. The zero-order valence-electron chi connectivity index (χ0n) is 9.74. The Morgan fingerprint density at radius 1 is 1.11 bits per heavy atom. The van der Waals surface area contributed by atoms with Gasteiger partial charge < -0.3 is 4.84 Å². The maximum atomic E-state index is 12.9.